The molecule has 2 aliphatic rings. The molecule has 1 aromatic carbocycles. The van der Waals surface area contributed by atoms with Crippen molar-refractivity contribution in [3.8, 4) is 0 Å². The second kappa shape index (κ2) is 8.18. The Morgan fingerprint density at radius 1 is 1.04 bits per heavy atom. The molecule has 142 valence electrons. The van der Waals surface area contributed by atoms with Gasteiger partial charge in [0.1, 0.15) is 0 Å². The first-order valence-corrected chi connectivity index (χ1v) is 10.6. The molecule has 2 N–H and O–H groups in total. The van der Waals surface area contributed by atoms with Crippen molar-refractivity contribution in [2.75, 3.05) is 13.1 Å². The lowest BCUT2D eigenvalue weighted by Crippen LogP contribution is -2.42. The van der Waals surface area contributed by atoms with Gasteiger partial charge in [0.05, 0.1) is 4.90 Å². The van der Waals surface area contributed by atoms with Crippen molar-refractivity contribution in [1.82, 2.24) is 15.2 Å². The molecule has 1 aliphatic carbocycles. The molecule has 0 spiro atoms. The number of nitrogens with zero attached hydrogens (tertiary/aromatic N) is 1. The number of hydrogen-bond donors (Lipinski definition) is 2. The fourth-order valence-electron chi connectivity index (χ4n) is 3.60. The van der Waals surface area contributed by atoms with Crippen molar-refractivity contribution in [2.24, 2.45) is 5.92 Å². The zero-order valence-corrected chi connectivity index (χ0v) is 15.6. The quantitative estimate of drug-likeness (QED) is 0.763. The molecule has 0 bridgehead atoms. The highest BCUT2D eigenvalue weighted by molar-refractivity contribution is 7.89. The van der Waals surface area contributed by atoms with Crippen LogP contribution in [0.1, 0.15) is 55.3 Å². The molecule has 0 aromatic heterocycles. The van der Waals surface area contributed by atoms with Crippen LogP contribution in [0.25, 0.3) is 0 Å². The van der Waals surface area contributed by atoms with Gasteiger partial charge in [0.2, 0.25) is 15.9 Å². The van der Waals surface area contributed by atoms with Gasteiger partial charge in [-0.05, 0) is 49.8 Å². The van der Waals surface area contributed by atoms with Gasteiger partial charge in [0.15, 0.2) is 0 Å². The predicted molar refractivity (Wildman–Crippen MR) is 96.6 cm³/mol. The summed E-state index contributed by atoms with van der Waals surface area (Å²) in [4.78, 5) is 24.3. The Morgan fingerprint density at radius 2 is 1.73 bits per heavy atom. The molecule has 26 heavy (non-hydrogen) atoms. The van der Waals surface area contributed by atoms with E-state index in [0.29, 0.717) is 25.4 Å². The third kappa shape index (κ3) is 4.42. The van der Waals surface area contributed by atoms with Crippen molar-refractivity contribution in [2.45, 2.75) is 49.8 Å². The van der Waals surface area contributed by atoms with Crippen molar-refractivity contribution < 1.29 is 18.0 Å². The monoisotopic (exact) mass is 379 g/mol. The third-order valence-electron chi connectivity index (χ3n) is 5.06. The van der Waals surface area contributed by atoms with E-state index in [-0.39, 0.29) is 16.4 Å². The van der Waals surface area contributed by atoms with Gasteiger partial charge in [-0.2, -0.15) is 4.31 Å². The summed E-state index contributed by atoms with van der Waals surface area (Å²) in [7, 11) is -3.58. The first-order chi connectivity index (χ1) is 12.5. The molecule has 3 rings (SSSR count). The predicted octanol–water partition coefficient (Wildman–Crippen LogP) is 1.81. The maximum Gasteiger partial charge on any atom is 0.269 e. The first-order valence-electron chi connectivity index (χ1n) is 9.16. The second-order valence-electron chi connectivity index (χ2n) is 7.00. The lowest BCUT2D eigenvalue weighted by molar-refractivity contribution is -0.122. The Morgan fingerprint density at radius 3 is 2.42 bits per heavy atom. The molecule has 2 fully saturated rings. The Kier molecular flexibility index (Phi) is 5.93. The highest BCUT2D eigenvalue weighted by Gasteiger charge is 2.27. The zero-order valence-electron chi connectivity index (χ0n) is 14.7. The van der Waals surface area contributed by atoms with E-state index < -0.39 is 15.9 Å². The molecule has 0 atom stereocenters. The number of nitrogens with one attached hydrogen (secondary N) is 2. The van der Waals surface area contributed by atoms with Gasteiger partial charge in [0, 0.05) is 25.1 Å². The van der Waals surface area contributed by atoms with Crippen LogP contribution in [0, 0.1) is 5.92 Å². The minimum absolute atomic E-state index is 0.101. The minimum Gasteiger partial charge on any atom is -0.273 e. The number of benzene rings is 1. The summed E-state index contributed by atoms with van der Waals surface area (Å²) in [6.07, 6.45) is 6.53. The number of hydrogen-bond acceptors (Lipinski definition) is 4. The Hall–Kier alpha value is -1.93. The van der Waals surface area contributed by atoms with Crippen LogP contribution in [0.4, 0.5) is 0 Å². The lowest BCUT2D eigenvalue weighted by atomic mass is 10.0. The van der Waals surface area contributed by atoms with Crippen LogP contribution in [0.5, 0.6) is 0 Å². The van der Waals surface area contributed by atoms with Gasteiger partial charge in [-0.1, -0.05) is 18.9 Å². The van der Waals surface area contributed by atoms with E-state index in [4.69, 9.17) is 0 Å². The highest BCUT2D eigenvalue weighted by Crippen LogP contribution is 2.27. The number of sulfonamides is 1. The number of carbonyl (C=O) groups is 2. The van der Waals surface area contributed by atoms with E-state index in [2.05, 4.69) is 10.9 Å². The Labute approximate surface area is 154 Å². The molecule has 7 nitrogen and oxygen atoms in total. The van der Waals surface area contributed by atoms with Gasteiger partial charge >= 0.3 is 0 Å². The van der Waals surface area contributed by atoms with E-state index in [1.807, 2.05) is 0 Å². The maximum atomic E-state index is 12.6. The number of rotatable bonds is 5. The van der Waals surface area contributed by atoms with E-state index >= 15 is 0 Å². The normalized spacial score (nSPS) is 18.8. The van der Waals surface area contributed by atoms with Crippen molar-refractivity contribution in [3.63, 3.8) is 0 Å². The van der Waals surface area contributed by atoms with Crippen molar-refractivity contribution >= 4 is 21.8 Å². The lowest BCUT2D eigenvalue weighted by Gasteiger charge is -2.16. The van der Waals surface area contributed by atoms with Crippen LogP contribution in [-0.2, 0) is 14.8 Å². The van der Waals surface area contributed by atoms with Crippen LogP contribution in [0.15, 0.2) is 29.2 Å². The molecule has 8 heteroatoms. The van der Waals surface area contributed by atoms with Gasteiger partial charge in [-0.15, -0.1) is 0 Å². The maximum absolute atomic E-state index is 12.6. The molecule has 1 saturated heterocycles. The summed E-state index contributed by atoms with van der Waals surface area (Å²) >= 11 is 0. The van der Waals surface area contributed by atoms with Crippen molar-refractivity contribution in [1.29, 1.82) is 0 Å². The van der Waals surface area contributed by atoms with E-state index in [0.717, 1.165) is 38.5 Å². The smallest absolute Gasteiger partial charge is 0.269 e. The Bertz CT molecular complexity index is 766. The summed E-state index contributed by atoms with van der Waals surface area (Å²) in [6.45, 7) is 1.02. The van der Waals surface area contributed by atoms with Gasteiger partial charge in [0.25, 0.3) is 5.91 Å². The van der Waals surface area contributed by atoms with E-state index in [1.54, 1.807) is 0 Å². The van der Waals surface area contributed by atoms with Gasteiger partial charge in [-0.25, -0.2) is 8.42 Å². The average Bonchev–Trinajstić information content (AvgIpc) is 3.34. The standard InChI is InChI=1S/C18H25N3O4S/c22-17(12-14-6-1-2-7-14)19-20-18(23)15-8-5-9-16(13-15)26(24,25)21-10-3-4-11-21/h5,8-9,13-14H,1-4,6-7,10-12H2,(H,19,22)(H,20,23). The van der Waals surface area contributed by atoms with Crippen LogP contribution in [0.3, 0.4) is 0 Å². The molecule has 1 heterocycles. The van der Waals surface area contributed by atoms with Crippen LogP contribution < -0.4 is 10.9 Å². The molecule has 0 radical (unpaired) electrons. The average molecular weight is 379 g/mol. The minimum atomic E-state index is -3.58. The molecule has 1 aromatic rings. The summed E-state index contributed by atoms with van der Waals surface area (Å²) in [6, 6.07) is 5.91. The molecule has 1 aliphatic heterocycles. The van der Waals surface area contributed by atoms with Crippen molar-refractivity contribution in [3.05, 3.63) is 29.8 Å². The number of carbonyl (C=O) groups excluding carboxylic acids is 2. The molecular weight excluding hydrogens is 354 g/mol. The molecule has 0 unspecified atom stereocenters. The van der Waals surface area contributed by atoms with Crippen LogP contribution in [-0.4, -0.2) is 37.6 Å². The first kappa shape index (κ1) is 18.8. The van der Waals surface area contributed by atoms with Gasteiger partial charge in [-0.3, -0.25) is 20.4 Å². The Balaban J connectivity index is 1.60. The fraction of sp³-hybridized carbons (Fsp3) is 0.556. The summed E-state index contributed by atoms with van der Waals surface area (Å²) in [5.41, 5.74) is 5.00. The van der Waals surface area contributed by atoms with Gasteiger partial charge < -0.3 is 0 Å². The van der Waals surface area contributed by atoms with E-state index in [9.17, 15) is 18.0 Å². The number of amides is 2. The summed E-state index contributed by atoms with van der Waals surface area (Å²) in [5.74, 6) is -0.352. The SMILES string of the molecule is O=C(CC1CCCC1)NNC(=O)c1cccc(S(=O)(=O)N2CCCC2)c1. The summed E-state index contributed by atoms with van der Waals surface area (Å²) < 4.78 is 26.6. The van der Waals surface area contributed by atoms with Crippen LogP contribution >= 0.6 is 0 Å². The molecular formula is C18H25N3O4S. The number of hydrazine groups is 1. The molecule has 2 amide bonds. The fourth-order valence-corrected chi connectivity index (χ4v) is 5.17. The largest absolute Gasteiger partial charge is 0.273 e. The molecule has 1 saturated carbocycles. The zero-order chi connectivity index (χ0) is 18.6. The third-order valence-corrected chi connectivity index (χ3v) is 6.96. The van der Waals surface area contributed by atoms with E-state index in [1.165, 1.54) is 28.6 Å². The summed E-state index contributed by atoms with van der Waals surface area (Å²) in [5, 5.41) is 0. The van der Waals surface area contributed by atoms with Crippen LogP contribution in [0.2, 0.25) is 0 Å². The topological polar surface area (TPSA) is 95.6 Å². The highest BCUT2D eigenvalue weighted by atomic mass is 32.2. The second-order valence-corrected chi connectivity index (χ2v) is 8.93.